The van der Waals surface area contributed by atoms with E-state index in [1.165, 1.54) is 0 Å². The highest BCUT2D eigenvalue weighted by Gasteiger charge is 2.36. The summed E-state index contributed by atoms with van der Waals surface area (Å²) in [6, 6.07) is 6.68. The molecule has 2 aliphatic rings. The van der Waals surface area contributed by atoms with Gasteiger partial charge in [-0.25, -0.2) is 4.68 Å². The van der Waals surface area contributed by atoms with E-state index in [2.05, 4.69) is 22.3 Å². The van der Waals surface area contributed by atoms with Crippen molar-refractivity contribution in [1.29, 1.82) is 0 Å². The summed E-state index contributed by atoms with van der Waals surface area (Å²) in [5.41, 5.74) is 2.66. The first-order valence-electron chi connectivity index (χ1n) is 8.09. The molecule has 1 aliphatic carbocycles. The Hall–Kier alpha value is -2.28. The lowest BCUT2D eigenvalue weighted by Gasteiger charge is -2.32. The minimum Gasteiger partial charge on any atom is -0.508 e. The van der Waals surface area contributed by atoms with Gasteiger partial charge in [-0.15, -0.1) is 5.10 Å². The van der Waals surface area contributed by atoms with Crippen molar-refractivity contribution < 1.29 is 9.90 Å². The molecular formula is C17H18N4O2S. The van der Waals surface area contributed by atoms with Crippen molar-refractivity contribution in [2.75, 3.05) is 11.1 Å². The quantitative estimate of drug-likeness (QED) is 0.834. The summed E-state index contributed by atoms with van der Waals surface area (Å²) in [7, 11) is 0. The number of ketones is 1. The Morgan fingerprint density at radius 1 is 1.33 bits per heavy atom. The maximum atomic E-state index is 12.6. The minimum absolute atomic E-state index is 0.160. The standard InChI is InChI=1S/C17H18N4O2S/c1-2-24-17-19-16-18-12-4-3-5-13(23)14(12)15(21(16)20-17)10-6-8-11(22)9-7-10/h6-9,15,22H,2-5H2,1H3,(H,18,19,20)/t15-/m1/s1. The third-order valence-corrected chi connectivity index (χ3v) is 5.05. The van der Waals surface area contributed by atoms with E-state index in [0.717, 1.165) is 35.4 Å². The highest BCUT2D eigenvalue weighted by molar-refractivity contribution is 7.99. The summed E-state index contributed by atoms with van der Waals surface area (Å²) in [6.45, 7) is 2.06. The number of aromatic hydroxyl groups is 1. The van der Waals surface area contributed by atoms with Crippen molar-refractivity contribution in [2.24, 2.45) is 0 Å². The van der Waals surface area contributed by atoms with Crippen molar-refractivity contribution in [3.05, 3.63) is 41.1 Å². The molecule has 0 bridgehead atoms. The first-order valence-corrected chi connectivity index (χ1v) is 9.07. The molecule has 0 saturated carbocycles. The number of nitrogens with zero attached hydrogens (tertiary/aromatic N) is 3. The van der Waals surface area contributed by atoms with Gasteiger partial charge in [-0.3, -0.25) is 4.79 Å². The van der Waals surface area contributed by atoms with Crippen molar-refractivity contribution in [2.45, 2.75) is 37.4 Å². The van der Waals surface area contributed by atoms with E-state index in [1.807, 2.05) is 12.1 Å². The van der Waals surface area contributed by atoms with Crippen molar-refractivity contribution in [1.82, 2.24) is 14.8 Å². The Kier molecular flexibility index (Phi) is 3.80. The normalized spacial score (nSPS) is 19.7. The highest BCUT2D eigenvalue weighted by Crippen LogP contribution is 2.40. The number of anilines is 1. The second kappa shape index (κ2) is 5.98. The fraction of sp³-hybridized carbons (Fsp3) is 0.353. The van der Waals surface area contributed by atoms with Crippen LogP contribution in [0.5, 0.6) is 5.75 Å². The minimum atomic E-state index is -0.289. The molecule has 1 atom stereocenters. The Balaban J connectivity index is 1.87. The lowest BCUT2D eigenvalue weighted by molar-refractivity contribution is -0.116. The second-order valence-corrected chi connectivity index (χ2v) is 7.11. The number of fused-ring (bicyclic) bond motifs is 1. The molecule has 0 radical (unpaired) electrons. The average Bonchev–Trinajstić information content (AvgIpc) is 2.96. The van der Waals surface area contributed by atoms with Crippen LogP contribution in [0.4, 0.5) is 5.95 Å². The zero-order valence-corrected chi connectivity index (χ0v) is 14.1. The van der Waals surface area contributed by atoms with Crippen molar-refractivity contribution in [3.63, 3.8) is 0 Å². The lowest BCUT2D eigenvalue weighted by atomic mass is 9.85. The third kappa shape index (κ3) is 2.49. The van der Waals surface area contributed by atoms with Gasteiger partial charge in [-0.2, -0.15) is 4.98 Å². The van der Waals surface area contributed by atoms with Crippen LogP contribution in [0.3, 0.4) is 0 Å². The molecule has 6 nitrogen and oxygen atoms in total. The molecule has 2 N–H and O–H groups in total. The molecule has 2 heterocycles. The SMILES string of the molecule is CCSc1nc2n(n1)[C@H](c1ccc(O)cc1)C1=C(CCCC1=O)N2. The average molecular weight is 342 g/mol. The summed E-state index contributed by atoms with van der Waals surface area (Å²) in [5.74, 6) is 1.93. The van der Waals surface area contributed by atoms with Crippen LogP contribution in [0.1, 0.15) is 37.8 Å². The number of Topliss-reactive ketones (excluding diaryl/α,β-unsaturated/α-hetero) is 1. The molecule has 1 aromatic heterocycles. The Bertz CT molecular complexity index is 826. The molecule has 0 saturated heterocycles. The molecule has 0 amide bonds. The summed E-state index contributed by atoms with van der Waals surface area (Å²) in [6.07, 6.45) is 2.27. The number of nitrogens with one attached hydrogen (secondary N) is 1. The van der Waals surface area contributed by atoms with Gasteiger partial charge in [0.2, 0.25) is 11.1 Å². The number of benzene rings is 1. The summed E-state index contributed by atoms with van der Waals surface area (Å²) < 4.78 is 1.80. The van der Waals surface area contributed by atoms with E-state index in [0.29, 0.717) is 17.5 Å². The van der Waals surface area contributed by atoms with Crippen LogP contribution in [-0.4, -0.2) is 31.4 Å². The predicted molar refractivity (Wildman–Crippen MR) is 92.2 cm³/mol. The number of thioether (sulfide) groups is 1. The van der Waals surface area contributed by atoms with E-state index in [1.54, 1.807) is 28.6 Å². The second-order valence-electron chi connectivity index (χ2n) is 5.88. The Labute approximate surface area is 144 Å². The highest BCUT2D eigenvalue weighted by atomic mass is 32.2. The number of hydrogen-bond acceptors (Lipinski definition) is 6. The first kappa shape index (κ1) is 15.3. The molecule has 4 rings (SSSR count). The molecule has 24 heavy (non-hydrogen) atoms. The molecule has 1 aliphatic heterocycles. The van der Waals surface area contributed by atoms with Gasteiger partial charge in [0, 0.05) is 17.7 Å². The van der Waals surface area contributed by atoms with Crippen molar-refractivity contribution >= 4 is 23.5 Å². The fourth-order valence-corrected chi connectivity index (χ4v) is 3.85. The Morgan fingerprint density at radius 2 is 2.12 bits per heavy atom. The summed E-state index contributed by atoms with van der Waals surface area (Å²) in [5, 5.41) is 18.2. The number of hydrogen-bond donors (Lipinski definition) is 2. The molecule has 124 valence electrons. The number of rotatable bonds is 3. The largest absolute Gasteiger partial charge is 0.508 e. The van der Waals surface area contributed by atoms with Crippen LogP contribution in [0.25, 0.3) is 0 Å². The number of allylic oxidation sites excluding steroid dienone is 2. The van der Waals surface area contributed by atoms with Gasteiger partial charge in [0.25, 0.3) is 0 Å². The molecule has 7 heteroatoms. The van der Waals surface area contributed by atoms with Crippen molar-refractivity contribution in [3.8, 4) is 5.75 Å². The predicted octanol–water partition coefficient (Wildman–Crippen LogP) is 3.12. The van der Waals surface area contributed by atoms with Crippen LogP contribution >= 0.6 is 11.8 Å². The number of phenols is 1. The van der Waals surface area contributed by atoms with E-state index in [9.17, 15) is 9.90 Å². The number of aromatic nitrogens is 3. The van der Waals surface area contributed by atoms with Crippen LogP contribution < -0.4 is 5.32 Å². The van der Waals surface area contributed by atoms with Gasteiger partial charge in [-0.1, -0.05) is 30.8 Å². The smallest absolute Gasteiger partial charge is 0.227 e. The van der Waals surface area contributed by atoms with E-state index < -0.39 is 0 Å². The number of carbonyl (C=O) groups is 1. The van der Waals surface area contributed by atoms with Gasteiger partial charge in [0.05, 0.1) is 0 Å². The topological polar surface area (TPSA) is 80.0 Å². The van der Waals surface area contributed by atoms with Gasteiger partial charge < -0.3 is 10.4 Å². The fourth-order valence-electron chi connectivity index (χ4n) is 3.29. The third-order valence-electron chi connectivity index (χ3n) is 4.33. The molecule has 0 spiro atoms. The summed E-state index contributed by atoms with van der Waals surface area (Å²) in [4.78, 5) is 17.2. The zero-order chi connectivity index (χ0) is 16.7. The van der Waals surface area contributed by atoms with Gasteiger partial charge in [0.1, 0.15) is 11.8 Å². The Morgan fingerprint density at radius 3 is 2.88 bits per heavy atom. The lowest BCUT2D eigenvalue weighted by Crippen LogP contribution is -2.31. The maximum absolute atomic E-state index is 12.6. The van der Waals surface area contributed by atoms with Gasteiger partial charge >= 0.3 is 0 Å². The van der Waals surface area contributed by atoms with Crippen LogP contribution in [0, 0.1) is 0 Å². The number of phenolic OH excluding ortho intramolecular Hbond substituents is 1. The molecular weight excluding hydrogens is 324 g/mol. The van der Waals surface area contributed by atoms with Crippen LogP contribution in [0.2, 0.25) is 0 Å². The van der Waals surface area contributed by atoms with E-state index in [4.69, 9.17) is 0 Å². The maximum Gasteiger partial charge on any atom is 0.227 e. The van der Waals surface area contributed by atoms with Crippen LogP contribution in [0.15, 0.2) is 40.7 Å². The van der Waals surface area contributed by atoms with Crippen LogP contribution in [-0.2, 0) is 4.79 Å². The van der Waals surface area contributed by atoms with E-state index >= 15 is 0 Å². The summed E-state index contributed by atoms with van der Waals surface area (Å²) >= 11 is 1.58. The van der Waals surface area contributed by atoms with Gasteiger partial charge in [-0.05, 0) is 36.3 Å². The first-order chi connectivity index (χ1) is 11.7. The molecule has 0 unspecified atom stereocenters. The van der Waals surface area contributed by atoms with E-state index in [-0.39, 0.29) is 17.6 Å². The molecule has 1 aromatic carbocycles. The van der Waals surface area contributed by atoms with Gasteiger partial charge in [0.15, 0.2) is 5.78 Å². The molecule has 0 fully saturated rings. The zero-order valence-electron chi connectivity index (χ0n) is 13.3. The molecule has 2 aromatic rings. The number of carbonyl (C=O) groups excluding carboxylic acids is 1. The monoisotopic (exact) mass is 342 g/mol.